The van der Waals surface area contributed by atoms with Crippen LogP contribution in [0.5, 0.6) is 0 Å². The van der Waals surface area contributed by atoms with Crippen molar-refractivity contribution in [2.24, 2.45) is 0 Å². The number of hydrogen-bond acceptors (Lipinski definition) is 4. The second-order valence-corrected chi connectivity index (χ2v) is 8.03. The van der Waals surface area contributed by atoms with Gasteiger partial charge in [0.05, 0.1) is 15.9 Å². The molecule has 2 aromatic carbocycles. The molecule has 5 nitrogen and oxygen atoms in total. The largest absolute Gasteiger partial charge is 0.310 e. The van der Waals surface area contributed by atoms with Crippen LogP contribution in [0.3, 0.4) is 0 Å². The van der Waals surface area contributed by atoms with Gasteiger partial charge in [0, 0.05) is 22.9 Å². The topological polar surface area (TPSA) is 59.8 Å². The quantitative estimate of drug-likeness (QED) is 0.525. The Balaban J connectivity index is 1.67. The maximum atomic E-state index is 12.4. The molecule has 5 rings (SSSR count). The molecule has 1 aliphatic rings. The van der Waals surface area contributed by atoms with Gasteiger partial charge in [-0.1, -0.05) is 47.2 Å². The molecule has 1 N–H and O–H groups in total. The molecule has 2 aromatic heterocycles. The van der Waals surface area contributed by atoms with Crippen LogP contribution >= 0.6 is 22.9 Å². The predicted molar refractivity (Wildman–Crippen MR) is 108 cm³/mol. The Labute approximate surface area is 164 Å². The molecule has 0 aliphatic carbocycles. The lowest BCUT2D eigenvalue weighted by Crippen LogP contribution is -2.24. The van der Waals surface area contributed by atoms with E-state index in [2.05, 4.69) is 10.3 Å². The number of thiazole rings is 1. The van der Waals surface area contributed by atoms with Gasteiger partial charge in [-0.05, 0) is 36.8 Å². The minimum Gasteiger partial charge on any atom is -0.310 e. The van der Waals surface area contributed by atoms with E-state index in [-0.39, 0.29) is 11.8 Å². The Morgan fingerprint density at radius 1 is 1.19 bits per heavy atom. The lowest BCUT2D eigenvalue weighted by molar-refractivity contribution is -0.116. The van der Waals surface area contributed by atoms with Crippen molar-refractivity contribution in [3.05, 3.63) is 70.4 Å². The van der Waals surface area contributed by atoms with E-state index in [0.717, 1.165) is 32.2 Å². The van der Waals surface area contributed by atoms with Crippen molar-refractivity contribution < 1.29 is 4.79 Å². The Hall–Kier alpha value is -2.70. The van der Waals surface area contributed by atoms with Crippen molar-refractivity contribution in [1.82, 2.24) is 14.8 Å². The zero-order valence-electron chi connectivity index (χ0n) is 14.4. The summed E-state index contributed by atoms with van der Waals surface area (Å²) in [5.41, 5.74) is 3.92. The zero-order valence-corrected chi connectivity index (χ0v) is 16.0. The van der Waals surface area contributed by atoms with Gasteiger partial charge < -0.3 is 5.32 Å². The van der Waals surface area contributed by atoms with Gasteiger partial charge in [-0.15, -0.1) is 0 Å². The zero-order chi connectivity index (χ0) is 18.5. The number of fused-ring (bicyclic) bond motifs is 2. The third kappa shape index (κ3) is 2.72. The Bertz CT molecular complexity index is 1150. The van der Waals surface area contributed by atoms with Gasteiger partial charge in [0.25, 0.3) is 0 Å². The van der Waals surface area contributed by atoms with E-state index < -0.39 is 0 Å². The van der Waals surface area contributed by atoms with Crippen LogP contribution in [0.4, 0.5) is 5.82 Å². The molecule has 3 heterocycles. The average molecular weight is 395 g/mol. The predicted octanol–water partition coefficient (Wildman–Crippen LogP) is 4.92. The molecule has 0 saturated carbocycles. The van der Waals surface area contributed by atoms with Crippen LogP contribution in [-0.2, 0) is 4.79 Å². The summed E-state index contributed by atoms with van der Waals surface area (Å²) >= 11 is 7.59. The summed E-state index contributed by atoms with van der Waals surface area (Å²) < 4.78 is 2.85. The molecule has 0 bridgehead atoms. The van der Waals surface area contributed by atoms with Crippen molar-refractivity contribution in [3.8, 4) is 5.13 Å². The first kappa shape index (κ1) is 16.5. The van der Waals surface area contributed by atoms with E-state index in [1.807, 2.05) is 55.5 Å². The molecule has 4 aromatic rings. The van der Waals surface area contributed by atoms with Gasteiger partial charge in [-0.3, -0.25) is 4.79 Å². The normalized spacial score (nSPS) is 16.4. The Kier molecular flexibility index (Phi) is 3.77. The second kappa shape index (κ2) is 6.18. The number of aryl methyl sites for hydroxylation is 1. The molecule has 0 unspecified atom stereocenters. The Morgan fingerprint density at radius 3 is 2.74 bits per heavy atom. The molecule has 0 fully saturated rings. The van der Waals surface area contributed by atoms with Gasteiger partial charge >= 0.3 is 0 Å². The number of nitrogens with zero attached hydrogens (tertiary/aromatic N) is 3. The van der Waals surface area contributed by atoms with Crippen LogP contribution in [0.2, 0.25) is 5.02 Å². The molecule has 27 heavy (non-hydrogen) atoms. The first-order chi connectivity index (χ1) is 13.1. The average Bonchev–Trinajstić information content (AvgIpc) is 3.23. The number of aromatic nitrogens is 3. The van der Waals surface area contributed by atoms with Crippen LogP contribution in [0.15, 0.2) is 48.5 Å². The summed E-state index contributed by atoms with van der Waals surface area (Å²) in [7, 11) is 0. The number of rotatable bonds is 2. The molecular formula is C20H15ClN4OS. The fourth-order valence-electron chi connectivity index (χ4n) is 3.62. The van der Waals surface area contributed by atoms with Crippen LogP contribution < -0.4 is 5.32 Å². The Morgan fingerprint density at radius 2 is 1.96 bits per heavy atom. The number of benzene rings is 2. The highest BCUT2D eigenvalue weighted by Crippen LogP contribution is 2.41. The van der Waals surface area contributed by atoms with Crippen LogP contribution in [0, 0.1) is 6.92 Å². The molecular weight excluding hydrogens is 380 g/mol. The fourth-order valence-corrected chi connectivity index (χ4v) is 4.67. The monoisotopic (exact) mass is 394 g/mol. The van der Waals surface area contributed by atoms with Crippen LogP contribution in [-0.4, -0.2) is 20.7 Å². The van der Waals surface area contributed by atoms with Gasteiger partial charge in [-0.25, -0.2) is 4.98 Å². The van der Waals surface area contributed by atoms with Crippen molar-refractivity contribution in [3.63, 3.8) is 0 Å². The van der Waals surface area contributed by atoms with Gasteiger partial charge in [0.15, 0.2) is 0 Å². The number of carbonyl (C=O) groups excluding carboxylic acids is 1. The fraction of sp³-hybridized carbons (Fsp3) is 0.150. The molecule has 0 spiro atoms. The summed E-state index contributed by atoms with van der Waals surface area (Å²) in [6.45, 7) is 1.98. The molecule has 1 aliphatic heterocycles. The third-order valence-corrected chi connectivity index (χ3v) is 6.10. The number of amides is 1. The van der Waals surface area contributed by atoms with Crippen molar-refractivity contribution in [1.29, 1.82) is 0 Å². The van der Waals surface area contributed by atoms with Gasteiger partial charge in [0.1, 0.15) is 5.82 Å². The molecule has 0 saturated heterocycles. The van der Waals surface area contributed by atoms with Gasteiger partial charge in [-0.2, -0.15) is 9.78 Å². The van der Waals surface area contributed by atoms with Crippen molar-refractivity contribution in [2.45, 2.75) is 19.3 Å². The van der Waals surface area contributed by atoms with Crippen LogP contribution in [0.25, 0.3) is 15.3 Å². The van der Waals surface area contributed by atoms with E-state index in [1.165, 1.54) is 0 Å². The summed E-state index contributed by atoms with van der Waals surface area (Å²) in [5.74, 6) is 0.640. The highest BCUT2D eigenvalue weighted by molar-refractivity contribution is 7.20. The SMILES string of the molecule is Cc1nn(-c2nc3ccccc3s2)c2c1[C@H](c1ccc(Cl)cc1)CC(=O)N2. The summed E-state index contributed by atoms with van der Waals surface area (Å²) in [5, 5.41) is 9.14. The van der Waals surface area contributed by atoms with Gasteiger partial charge in [0.2, 0.25) is 11.0 Å². The summed E-state index contributed by atoms with van der Waals surface area (Å²) in [6, 6.07) is 15.6. The summed E-state index contributed by atoms with van der Waals surface area (Å²) in [6.07, 6.45) is 0.390. The third-order valence-electron chi connectivity index (χ3n) is 4.84. The molecule has 0 radical (unpaired) electrons. The molecule has 1 atom stereocenters. The van der Waals surface area contributed by atoms with E-state index in [9.17, 15) is 4.79 Å². The number of hydrogen-bond donors (Lipinski definition) is 1. The van der Waals surface area contributed by atoms with E-state index in [0.29, 0.717) is 17.3 Å². The molecule has 134 valence electrons. The second-order valence-electron chi connectivity index (χ2n) is 6.58. The van der Waals surface area contributed by atoms with E-state index in [4.69, 9.17) is 16.7 Å². The number of anilines is 1. The lowest BCUT2D eigenvalue weighted by atomic mass is 9.86. The standard InChI is InChI=1S/C20H15ClN4OS/c1-11-18-14(12-6-8-13(21)9-7-12)10-17(26)23-19(18)25(24-11)20-22-15-4-2-3-5-16(15)27-20/h2-9,14H,10H2,1H3,(H,23,26)/t14-/m0/s1. The maximum Gasteiger partial charge on any atom is 0.226 e. The van der Waals surface area contributed by atoms with Crippen molar-refractivity contribution >= 4 is 44.9 Å². The number of para-hydroxylation sites is 1. The number of nitrogens with one attached hydrogen (secondary N) is 1. The molecule has 7 heteroatoms. The van der Waals surface area contributed by atoms with Crippen LogP contribution in [0.1, 0.15) is 29.2 Å². The summed E-state index contributed by atoms with van der Waals surface area (Å²) in [4.78, 5) is 17.1. The minimum atomic E-state index is -0.0471. The highest BCUT2D eigenvalue weighted by atomic mass is 35.5. The van der Waals surface area contributed by atoms with Crippen molar-refractivity contribution in [2.75, 3.05) is 5.32 Å². The maximum absolute atomic E-state index is 12.4. The molecule has 1 amide bonds. The van der Waals surface area contributed by atoms with E-state index >= 15 is 0 Å². The minimum absolute atomic E-state index is 0.0234. The van der Waals surface area contributed by atoms with E-state index in [1.54, 1.807) is 16.0 Å². The lowest BCUT2D eigenvalue weighted by Gasteiger charge is -2.24. The smallest absolute Gasteiger partial charge is 0.226 e. The number of halogens is 1. The number of carbonyl (C=O) groups is 1. The highest BCUT2D eigenvalue weighted by Gasteiger charge is 2.33. The first-order valence-electron chi connectivity index (χ1n) is 8.61. The first-order valence-corrected chi connectivity index (χ1v) is 9.80.